The van der Waals surface area contributed by atoms with Gasteiger partial charge in [-0.25, -0.2) is 0 Å². The van der Waals surface area contributed by atoms with Crippen molar-refractivity contribution in [2.45, 2.75) is 12.6 Å². The first kappa shape index (κ1) is 17.5. The van der Waals surface area contributed by atoms with Gasteiger partial charge in [0.25, 0.3) is 5.91 Å². The van der Waals surface area contributed by atoms with Gasteiger partial charge in [0.1, 0.15) is 5.75 Å². The zero-order valence-corrected chi connectivity index (χ0v) is 14.5. The van der Waals surface area contributed by atoms with Crippen LogP contribution in [0.15, 0.2) is 54.6 Å². The van der Waals surface area contributed by atoms with E-state index in [-0.39, 0.29) is 12.0 Å². The summed E-state index contributed by atoms with van der Waals surface area (Å²) < 4.78 is 11.0. The predicted molar refractivity (Wildman–Crippen MR) is 96.8 cm³/mol. The summed E-state index contributed by atoms with van der Waals surface area (Å²) in [5.74, 6) is 0.568. The van der Waals surface area contributed by atoms with Crippen molar-refractivity contribution >= 4 is 5.91 Å². The van der Waals surface area contributed by atoms with Crippen LogP contribution in [0.3, 0.4) is 0 Å². The fourth-order valence-corrected chi connectivity index (χ4v) is 2.96. The fraction of sp³-hybridized carbons (Fsp3) is 0.350. The van der Waals surface area contributed by atoms with Crippen LogP contribution in [0, 0.1) is 0 Å². The molecular formula is C20H24N2O3. The molecule has 3 rings (SSSR count). The van der Waals surface area contributed by atoms with E-state index in [0.29, 0.717) is 24.5 Å². The van der Waals surface area contributed by atoms with Gasteiger partial charge in [-0.2, -0.15) is 0 Å². The third-order valence-electron chi connectivity index (χ3n) is 4.29. The maximum absolute atomic E-state index is 12.3. The molecule has 0 spiro atoms. The molecule has 1 saturated heterocycles. The highest BCUT2D eigenvalue weighted by Crippen LogP contribution is 2.13. The highest BCUT2D eigenvalue weighted by molar-refractivity contribution is 5.94. The van der Waals surface area contributed by atoms with Crippen LogP contribution in [0.4, 0.5) is 0 Å². The highest BCUT2D eigenvalue weighted by Gasteiger charge is 2.21. The van der Waals surface area contributed by atoms with Gasteiger partial charge in [-0.1, -0.05) is 36.4 Å². The number of benzene rings is 2. The predicted octanol–water partition coefficient (Wildman–Crippen LogP) is 2.33. The number of amides is 1. The summed E-state index contributed by atoms with van der Waals surface area (Å²) in [6.45, 7) is 3.82. The molecule has 1 heterocycles. The van der Waals surface area contributed by atoms with Gasteiger partial charge in [-0.15, -0.1) is 0 Å². The molecule has 0 radical (unpaired) electrons. The smallest absolute Gasteiger partial charge is 0.251 e. The number of methoxy groups -OCH3 is 1. The Kier molecular flexibility index (Phi) is 6.04. The lowest BCUT2D eigenvalue weighted by molar-refractivity contribution is -0.0292. The van der Waals surface area contributed by atoms with Crippen molar-refractivity contribution in [3.63, 3.8) is 0 Å². The molecule has 0 saturated carbocycles. The average Bonchev–Trinajstić information content (AvgIpc) is 2.67. The highest BCUT2D eigenvalue weighted by atomic mass is 16.5. The summed E-state index contributed by atoms with van der Waals surface area (Å²) in [5, 5.41) is 2.96. The Balaban J connectivity index is 1.50. The molecule has 1 aliphatic heterocycles. The van der Waals surface area contributed by atoms with Gasteiger partial charge in [0.15, 0.2) is 0 Å². The molecule has 1 fully saturated rings. The summed E-state index contributed by atoms with van der Waals surface area (Å²) in [6, 6.07) is 17.6. The summed E-state index contributed by atoms with van der Waals surface area (Å²) >= 11 is 0. The van der Waals surface area contributed by atoms with E-state index in [9.17, 15) is 4.79 Å². The molecule has 1 aliphatic rings. The molecule has 1 N–H and O–H groups in total. The number of hydrogen-bond acceptors (Lipinski definition) is 4. The van der Waals surface area contributed by atoms with Crippen LogP contribution in [-0.4, -0.2) is 50.3 Å². The van der Waals surface area contributed by atoms with Crippen LogP contribution < -0.4 is 10.1 Å². The lowest BCUT2D eigenvalue weighted by Crippen LogP contribution is -2.47. The van der Waals surface area contributed by atoms with Gasteiger partial charge in [0.2, 0.25) is 0 Å². The topological polar surface area (TPSA) is 50.8 Å². The number of carbonyl (C=O) groups is 1. The van der Waals surface area contributed by atoms with Crippen molar-refractivity contribution < 1.29 is 14.3 Å². The van der Waals surface area contributed by atoms with Crippen LogP contribution in [0.25, 0.3) is 0 Å². The standard InChI is InChI=1S/C20H24N2O3/c1-24-18-9-5-8-17(12-18)20(23)21-13-19-15-22(10-11-25-19)14-16-6-3-2-4-7-16/h2-9,12,19H,10-11,13-15H2,1H3,(H,21,23). The Bertz CT molecular complexity index is 690. The second-order valence-corrected chi connectivity index (χ2v) is 6.16. The average molecular weight is 340 g/mol. The van der Waals surface area contributed by atoms with Gasteiger partial charge in [0, 0.05) is 31.7 Å². The molecule has 1 amide bonds. The number of nitrogens with one attached hydrogen (secondary N) is 1. The number of nitrogens with zero attached hydrogens (tertiary/aromatic N) is 1. The Morgan fingerprint density at radius 2 is 2.08 bits per heavy atom. The van der Waals surface area contributed by atoms with E-state index in [4.69, 9.17) is 9.47 Å². The maximum atomic E-state index is 12.3. The molecule has 5 nitrogen and oxygen atoms in total. The van der Waals surface area contributed by atoms with E-state index in [0.717, 1.165) is 19.6 Å². The molecular weight excluding hydrogens is 316 g/mol. The van der Waals surface area contributed by atoms with E-state index in [1.807, 2.05) is 18.2 Å². The van der Waals surface area contributed by atoms with Gasteiger partial charge < -0.3 is 14.8 Å². The molecule has 25 heavy (non-hydrogen) atoms. The van der Waals surface area contributed by atoms with Gasteiger partial charge in [0.05, 0.1) is 19.8 Å². The molecule has 0 bridgehead atoms. The van der Waals surface area contributed by atoms with Crippen LogP contribution in [-0.2, 0) is 11.3 Å². The minimum absolute atomic E-state index is 0.00650. The van der Waals surface area contributed by atoms with Crippen molar-refractivity contribution in [2.75, 3.05) is 33.4 Å². The number of morpholine rings is 1. The second kappa shape index (κ2) is 8.65. The molecule has 2 aromatic rings. The monoisotopic (exact) mass is 340 g/mol. The number of ether oxygens (including phenoxy) is 2. The van der Waals surface area contributed by atoms with Gasteiger partial charge in [-0.3, -0.25) is 9.69 Å². The Morgan fingerprint density at radius 1 is 1.24 bits per heavy atom. The van der Waals surface area contributed by atoms with Crippen molar-refractivity contribution in [3.05, 3.63) is 65.7 Å². The lowest BCUT2D eigenvalue weighted by atomic mass is 10.1. The summed E-state index contributed by atoms with van der Waals surface area (Å²) in [4.78, 5) is 14.7. The van der Waals surface area contributed by atoms with Crippen LogP contribution in [0.1, 0.15) is 15.9 Å². The van der Waals surface area contributed by atoms with Crippen molar-refractivity contribution in [2.24, 2.45) is 0 Å². The summed E-state index contributed by atoms with van der Waals surface area (Å²) in [6.07, 6.45) is 0.00650. The lowest BCUT2D eigenvalue weighted by Gasteiger charge is -2.33. The molecule has 0 aliphatic carbocycles. The molecule has 0 aromatic heterocycles. The Morgan fingerprint density at radius 3 is 2.88 bits per heavy atom. The van der Waals surface area contributed by atoms with Crippen molar-refractivity contribution in [1.29, 1.82) is 0 Å². The summed E-state index contributed by atoms with van der Waals surface area (Å²) in [5.41, 5.74) is 1.89. The summed E-state index contributed by atoms with van der Waals surface area (Å²) in [7, 11) is 1.59. The first-order chi connectivity index (χ1) is 12.2. The van der Waals surface area contributed by atoms with E-state index in [1.54, 1.807) is 19.2 Å². The molecule has 132 valence electrons. The Hall–Kier alpha value is -2.37. The number of rotatable bonds is 6. The van der Waals surface area contributed by atoms with Gasteiger partial charge in [-0.05, 0) is 23.8 Å². The van der Waals surface area contributed by atoms with E-state index < -0.39 is 0 Å². The molecule has 1 atom stereocenters. The first-order valence-corrected chi connectivity index (χ1v) is 8.55. The number of carbonyl (C=O) groups excluding carboxylic acids is 1. The normalized spacial score (nSPS) is 17.9. The van der Waals surface area contributed by atoms with Crippen molar-refractivity contribution in [1.82, 2.24) is 10.2 Å². The third-order valence-corrected chi connectivity index (χ3v) is 4.29. The van der Waals surface area contributed by atoms with E-state index in [1.165, 1.54) is 5.56 Å². The molecule has 5 heteroatoms. The maximum Gasteiger partial charge on any atom is 0.251 e. The van der Waals surface area contributed by atoms with Crippen LogP contribution in [0.2, 0.25) is 0 Å². The third kappa shape index (κ3) is 5.05. The first-order valence-electron chi connectivity index (χ1n) is 8.55. The van der Waals surface area contributed by atoms with Gasteiger partial charge >= 0.3 is 0 Å². The van der Waals surface area contributed by atoms with Crippen molar-refractivity contribution in [3.8, 4) is 5.75 Å². The largest absolute Gasteiger partial charge is 0.497 e. The fourth-order valence-electron chi connectivity index (χ4n) is 2.96. The zero-order chi connectivity index (χ0) is 17.5. The van der Waals surface area contributed by atoms with E-state index >= 15 is 0 Å². The molecule has 2 aromatic carbocycles. The minimum Gasteiger partial charge on any atom is -0.497 e. The number of hydrogen-bond donors (Lipinski definition) is 1. The molecule has 1 unspecified atom stereocenters. The second-order valence-electron chi connectivity index (χ2n) is 6.16. The Labute approximate surface area is 148 Å². The minimum atomic E-state index is -0.109. The van der Waals surface area contributed by atoms with Crippen LogP contribution in [0.5, 0.6) is 5.75 Å². The zero-order valence-electron chi connectivity index (χ0n) is 14.5. The quantitative estimate of drug-likeness (QED) is 0.877. The SMILES string of the molecule is COc1cccc(C(=O)NCC2CN(Cc3ccccc3)CCO2)c1. The van der Waals surface area contributed by atoms with Crippen LogP contribution >= 0.6 is 0 Å². The van der Waals surface area contributed by atoms with E-state index in [2.05, 4.69) is 34.5 Å².